The van der Waals surface area contributed by atoms with Crippen molar-refractivity contribution in [1.29, 1.82) is 0 Å². The van der Waals surface area contributed by atoms with Gasteiger partial charge in [0.25, 0.3) is 0 Å². The molecule has 1 aromatic heterocycles. The molecule has 1 unspecified atom stereocenters. The maximum Gasteiger partial charge on any atom is 0.216 e. The maximum atomic E-state index is 12.4. The molecule has 0 saturated carbocycles. The lowest BCUT2D eigenvalue weighted by Crippen LogP contribution is -2.50. The van der Waals surface area contributed by atoms with Crippen molar-refractivity contribution in [1.82, 2.24) is 13.9 Å². The molecule has 2 aliphatic heterocycles. The number of fused-ring (bicyclic) bond motifs is 3. The molecule has 1 fully saturated rings. The molecule has 2 aliphatic rings. The van der Waals surface area contributed by atoms with Crippen LogP contribution in [-0.2, 0) is 10.0 Å². The average molecular weight is 361 g/mol. The van der Waals surface area contributed by atoms with Crippen molar-refractivity contribution in [3.8, 4) is 11.3 Å². The Kier molecular flexibility index (Phi) is 3.97. The molecule has 1 N–H and O–H groups in total. The largest absolute Gasteiger partial charge is 0.391 e. The third-order valence-electron chi connectivity index (χ3n) is 5.48. The van der Waals surface area contributed by atoms with Crippen LogP contribution in [0.2, 0.25) is 0 Å². The van der Waals surface area contributed by atoms with E-state index < -0.39 is 21.4 Å². The van der Waals surface area contributed by atoms with Crippen molar-refractivity contribution in [3.05, 3.63) is 42.4 Å². The van der Waals surface area contributed by atoms with E-state index in [1.54, 1.807) is 13.8 Å². The van der Waals surface area contributed by atoms with Gasteiger partial charge >= 0.3 is 0 Å². The van der Waals surface area contributed by atoms with Gasteiger partial charge in [-0.15, -0.1) is 0 Å². The Morgan fingerprint density at radius 3 is 2.76 bits per heavy atom. The molecule has 0 radical (unpaired) electrons. The molecule has 0 bridgehead atoms. The monoisotopic (exact) mass is 361 g/mol. The zero-order chi connectivity index (χ0) is 17.8. The van der Waals surface area contributed by atoms with E-state index in [4.69, 9.17) is 0 Å². The highest BCUT2D eigenvalue weighted by Crippen LogP contribution is 2.45. The lowest BCUT2D eigenvalue weighted by atomic mass is 9.84. The zero-order valence-corrected chi connectivity index (χ0v) is 15.2. The molecular formula is C18H23N3O3S. The number of aliphatic hydroxyl groups is 1. The van der Waals surface area contributed by atoms with Crippen molar-refractivity contribution < 1.29 is 13.5 Å². The smallest absolute Gasteiger partial charge is 0.216 e. The van der Waals surface area contributed by atoms with Gasteiger partial charge in [-0.25, -0.2) is 13.4 Å². The molecule has 0 amide bonds. The standard InChI is InChI=1S/C18H23N3O3S/c1-12(2)25(23,24)20-8-7-15(17(22)10-20)18-14-6-4-3-5-13(14)16-9-19-11-21(16)18/h3-6,9,11-12,15,17-18,22H,7-8,10H2,1-2H3/t15-,17-,18?/m0/s1. The summed E-state index contributed by atoms with van der Waals surface area (Å²) < 4.78 is 28.4. The quantitative estimate of drug-likeness (QED) is 0.906. The number of sulfonamides is 1. The van der Waals surface area contributed by atoms with Gasteiger partial charge in [0.15, 0.2) is 0 Å². The lowest BCUT2D eigenvalue weighted by Gasteiger charge is -2.39. The summed E-state index contributed by atoms with van der Waals surface area (Å²) in [4.78, 5) is 4.27. The summed E-state index contributed by atoms with van der Waals surface area (Å²) >= 11 is 0. The zero-order valence-electron chi connectivity index (χ0n) is 14.4. The highest BCUT2D eigenvalue weighted by Gasteiger charge is 2.42. The van der Waals surface area contributed by atoms with Gasteiger partial charge in [0, 0.05) is 24.6 Å². The first-order valence-electron chi connectivity index (χ1n) is 8.69. The van der Waals surface area contributed by atoms with E-state index in [2.05, 4.69) is 21.7 Å². The SMILES string of the molecule is CC(C)S(=O)(=O)N1CC[C@H](C2c3ccccc3-c3cncn32)[C@@H](O)C1. The van der Waals surface area contributed by atoms with Crippen molar-refractivity contribution in [2.45, 2.75) is 37.7 Å². The fraction of sp³-hybridized carbons (Fsp3) is 0.500. The third-order valence-corrected chi connectivity index (χ3v) is 7.72. The fourth-order valence-electron chi connectivity index (χ4n) is 4.13. The summed E-state index contributed by atoms with van der Waals surface area (Å²) in [5, 5.41) is 10.3. The van der Waals surface area contributed by atoms with Crippen LogP contribution in [-0.4, -0.2) is 51.8 Å². The van der Waals surface area contributed by atoms with Crippen LogP contribution in [0, 0.1) is 5.92 Å². The Balaban J connectivity index is 1.65. The molecule has 7 heteroatoms. The third kappa shape index (κ3) is 2.53. The van der Waals surface area contributed by atoms with E-state index in [9.17, 15) is 13.5 Å². The number of nitrogens with zero attached hydrogens (tertiary/aromatic N) is 3. The summed E-state index contributed by atoms with van der Waals surface area (Å²) in [6, 6.07) is 8.20. The van der Waals surface area contributed by atoms with Crippen molar-refractivity contribution >= 4 is 10.0 Å². The van der Waals surface area contributed by atoms with Crippen LogP contribution >= 0.6 is 0 Å². The highest BCUT2D eigenvalue weighted by atomic mass is 32.2. The fourth-order valence-corrected chi connectivity index (χ4v) is 5.44. The molecule has 2 aromatic rings. The molecule has 6 nitrogen and oxygen atoms in total. The van der Waals surface area contributed by atoms with Gasteiger partial charge in [-0.05, 0) is 25.8 Å². The van der Waals surface area contributed by atoms with E-state index in [-0.39, 0.29) is 18.5 Å². The molecule has 0 aliphatic carbocycles. The molecule has 134 valence electrons. The van der Waals surface area contributed by atoms with E-state index in [0.717, 1.165) is 11.3 Å². The van der Waals surface area contributed by atoms with Gasteiger partial charge in [0.2, 0.25) is 10.0 Å². The number of imidazole rings is 1. The minimum Gasteiger partial charge on any atom is -0.391 e. The summed E-state index contributed by atoms with van der Waals surface area (Å²) in [7, 11) is -3.34. The van der Waals surface area contributed by atoms with Gasteiger partial charge in [0.05, 0.1) is 35.6 Å². The number of rotatable bonds is 3. The first kappa shape index (κ1) is 16.8. The topological polar surface area (TPSA) is 75.4 Å². The lowest BCUT2D eigenvalue weighted by molar-refractivity contribution is 0.0341. The molecular weight excluding hydrogens is 338 g/mol. The summed E-state index contributed by atoms with van der Waals surface area (Å²) in [5.74, 6) is -0.0322. The van der Waals surface area contributed by atoms with Crippen molar-refractivity contribution in [3.63, 3.8) is 0 Å². The molecule has 1 saturated heterocycles. The van der Waals surface area contributed by atoms with Gasteiger partial charge in [-0.1, -0.05) is 24.3 Å². The number of piperidine rings is 1. The number of aromatic nitrogens is 2. The van der Waals surface area contributed by atoms with Crippen LogP contribution in [0.4, 0.5) is 0 Å². The van der Waals surface area contributed by atoms with Crippen molar-refractivity contribution in [2.75, 3.05) is 13.1 Å². The number of aliphatic hydroxyl groups excluding tert-OH is 1. The first-order valence-corrected chi connectivity index (χ1v) is 10.2. The van der Waals surface area contributed by atoms with Crippen LogP contribution in [0.15, 0.2) is 36.8 Å². The Labute approximate surface area is 148 Å². The molecule has 0 spiro atoms. The Morgan fingerprint density at radius 2 is 2.04 bits per heavy atom. The van der Waals surface area contributed by atoms with E-state index in [1.807, 2.05) is 24.7 Å². The predicted octanol–water partition coefficient (Wildman–Crippen LogP) is 1.87. The second-order valence-electron chi connectivity index (χ2n) is 7.19. The van der Waals surface area contributed by atoms with E-state index in [0.29, 0.717) is 13.0 Å². The molecule has 25 heavy (non-hydrogen) atoms. The Morgan fingerprint density at radius 1 is 1.28 bits per heavy atom. The van der Waals surface area contributed by atoms with Crippen molar-refractivity contribution in [2.24, 2.45) is 5.92 Å². The number of hydrogen-bond acceptors (Lipinski definition) is 4. The van der Waals surface area contributed by atoms with E-state index >= 15 is 0 Å². The van der Waals surface area contributed by atoms with Crippen LogP contribution in [0.25, 0.3) is 11.3 Å². The van der Waals surface area contributed by atoms with Gasteiger partial charge < -0.3 is 9.67 Å². The average Bonchev–Trinajstić information content (AvgIpc) is 3.16. The Hall–Kier alpha value is -1.70. The van der Waals surface area contributed by atoms with Crippen LogP contribution in [0.5, 0.6) is 0 Å². The van der Waals surface area contributed by atoms with Gasteiger partial charge in [0.1, 0.15) is 0 Å². The predicted molar refractivity (Wildman–Crippen MR) is 95.5 cm³/mol. The second kappa shape index (κ2) is 5.93. The number of benzene rings is 1. The molecule has 3 atom stereocenters. The summed E-state index contributed by atoms with van der Waals surface area (Å²) in [6.45, 7) is 3.97. The van der Waals surface area contributed by atoms with Crippen LogP contribution < -0.4 is 0 Å². The molecule has 1 aromatic carbocycles. The minimum absolute atomic E-state index is 0.00704. The number of hydrogen-bond donors (Lipinski definition) is 1. The Bertz CT molecular complexity index is 890. The van der Waals surface area contributed by atoms with Crippen LogP contribution in [0.3, 0.4) is 0 Å². The maximum absolute atomic E-state index is 12.4. The number of β-amino-alcohol motifs (C(OH)–C–C–N with tert-alkyl or cyclic N) is 1. The highest BCUT2D eigenvalue weighted by molar-refractivity contribution is 7.89. The summed E-state index contributed by atoms with van der Waals surface area (Å²) in [5.41, 5.74) is 3.39. The normalized spacial score (nSPS) is 26.6. The van der Waals surface area contributed by atoms with Gasteiger partial charge in [-0.3, -0.25) is 0 Å². The molecule has 3 heterocycles. The first-order chi connectivity index (χ1) is 11.9. The second-order valence-corrected chi connectivity index (χ2v) is 9.68. The summed E-state index contributed by atoms with van der Waals surface area (Å²) in [6.07, 6.45) is 3.59. The van der Waals surface area contributed by atoms with E-state index in [1.165, 1.54) is 9.87 Å². The van der Waals surface area contributed by atoms with Crippen LogP contribution in [0.1, 0.15) is 31.9 Å². The molecule has 4 rings (SSSR count). The minimum atomic E-state index is -3.34. The van der Waals surface area contributed by atoms with Gasteiger partial charge in [-0.2, -0.15) is 4.31 Å².